The van der Waals surface area contributed by atoms with Gasteiger partial charge in [-0.1, -0.05) is 18.2 Å². The minimum Gasteiger partial charge on any atom is -0.465 e. The molecular weight excluding hydrogens is 278 g/mol. The number of amides is 1. The van der Waals surface area contributed by atoms with E-state index in [9.17, 15) is 4.79 Å². The topological polar surface area (TPSA) is 65.5 Å². The molecule has 0 aliphatic carbocycles. The predicted molar refractivity (Wildman–Crippen MR) is 87.3 cm³/mol. The van der Waals surface area contributed by atoms with Crippen LogP contribution in [0.4, 0.5) is 10.5 Å². The van der Waals surface area contributed by atoms with Crippen molar-refractivity contribution < 1.29 is 9.90 Å². The van der Waals surface area contributed by atoms with Gasteiger partial charge in [0.25, 0.3) is 0 Å². The maximum atomic E-state index is 10.5. The number of nitrogens with zero attached hydrogens (tertiary/aromatic N) is 2. The molecule has 1 saturated heterocycles. The Kier molecular flexibility index (Phi) is 4.42. The summed E-state index contributed by atoms with van der Waals surface area (Å²) in [7, 11) is 0. The second-order valence-electron chi connectivity index (χ2n) is 5.80. The lowest BCUT2D eigenvalue weighted by Crippen LogP contribution is -2.35. The third-order valence-electron chi connectivity index (χ3n) is 4.41. The Morgan fingerprint density at radius 2 is 2.05 bits per heavy atom. The van der Waals surface area contributed by atoms with Crippen LogP contribution in [0.2, 0.25) is 0 Å². The molecule has 2 aromatic rings. The van der Waals surface area contributed by atoms with Crippen molar-refractivity contribution in [1.29, 1.82) is 0 Å². The van der Waals surface area contributed by atoms with E-state index in [0.717, 1.165) is 37.9 Å². The van der Waals surface area contributed by atoms with Crippen LogP contribution in [0.25, 0.3) is 10.9 Å². The number of hydrogen-bond acceptors (Lipinski definition) is 3. The van der Waals surface area contributed by atoms with Gasteiger partial charge in [0.1, 0.15) is 0 Å². The Balaban J connectivity index is 1.62. The van der Waals surface area contributed by atoms with Crippen molar-refractivity contribution in [3.63, 3.8) is 0 Å². The average molecular weight is 299 g/mol. The number of carboxylic acid groups (broad SMARTS) is 1. The number of hydrogen-bond donors (Lipinski definition) is 2. The number of benzene rings is 1. The number of carbonyl (C=O) groups is 1. The van der Waals surface area contributed by atoms with Crippen molar-refractivity contribution in [1.82, 2.24) is 10.3 Å². The first-order chi connectivity index (χ1) is 10.7. The van der Waals surface area contributed by atoms with Crippen molar-refractivity contribution in [3.05, 3.63) is 36.5 Å². The fraction of sp³-hybridized carbons (Fsp3) is 0.412. The molecule has 1 aliphatic rings. The molecule has 1 aromatic carbocycles. The van der Waals surface area contributed by atoms with E-state index in [4.69, 9.17) is 5.11 Å². The SMILES string of the molecule is O=C(O)NCCC1CCN(c2ccnc3ccccc23)CC1. The van der Waals surface area contributed by atoms with Gasteiger partial charge in [-0.2, -0.15) is 0 Å². The van der Waals surface area contributed by atoms with E-state index in [1.54, 1.807) is 0 Å². The minimum atomic E-state index is -0.930. The number of pyridine rings is 1. The number of anilines is 1. The molecule has 0 radical (unpaired) electrons. The van der Waals surface area contributed by atoms with Crippen LogP contribution in [-0.4, -0.2) is 35.8 Å². The zero-order valence-electron chi connectivity index (χ0n) is 12.5. The van der Waals surface area contributed by atoms with Gasteiger partial charge in [-0.25, -0.2) is 4.79 Å². The van der Waals surface area contributed by atoms with Gasteiger partial charge in [-0.3, -0.25) is 4.98 Å². The lowest BCUT2D eigenvalue weighted by Gasteiger charge is -2.34. The molecule has 5 nitrogen and oxygen atoms in total. The summed E-state index contributed by atoms with van der Waals surface area (Å²) in [4.78, 5) is 17.3. The maximum Gasteiger partial charge on any atom is 0.404 e. The monoisotopic (exact) mass is 299 g/mol. The zero-order chi connectivity index (χ0) is 15.4. The van der Waals surface area contributed by atoms with Crippen molar-refractivity contribution in [2.75, 3.05) is 24.5 Å². The Bertz CT molecular complexity index is 646. The smallest absolute Gasteiger partial charge is 0.404 e. The summed E-state index contributed by atoms with van der Waals surface area (Å²) in [6.45, 7) is 2.59. The third kappa shape index (κ3) is 3.30. The standard InChI is InChI=1S/C17H21N3O2/c21-17(22)19-9-5-13-7-11-20(12-8-13)16-6-10-18-15-4-2-1-3-14(15)16/h1-4,6,10,13,19H,5,7-9,11-12H2,(H,21,22). The molecule has 1 amide bonds. The second kappa shape index (κ2) is 6.64. The summed E-state index contributed by atoms with van der Waals surface area (Å²) >= 11 is 0. The van der Waals surface area contributed by atoms with E-state index in [2.05, 4.69) is 33.4 Å². The molecule has 1 fully saturated rings. The Morgan fingerprint density at radius 3 is 2.82 bits per heavy atom. The number of para-hydroxylation sites is 1. The summed E-state index contributed by atoms with van der Waals surface area (Å²) in [6.07, 6.45) is 4.09. The van der Waals surface area contributed by atoms with Crippen molar-refractivity contribution >= 4 is 22.7 Å². The number of aromatic nitrogens is 1. The summed E-state index contributed by atoms with van der Waals surface area (Å²) in [5.41, 5.74) is 2.29. The number of rotatable bonds is 4. The van der Waals surface area contributed by atoms with Crippen LogP contribution in [0.5, 0.6) is 0 Å². The molecule has 22 heavy (non-hydrogen) atoms. The number of nitrogens with one attached hydrogen (secondary N) is 1. The van der Waals surface area contributed by atoms with Gasteiger partial charge >= 0.3 is 6.09 Å². The van der Waals surface area contributed by atoms with Crippen molar-refractivity contribution in [2.24, 2.45) is 5.92 Å². The highest BCUT2D eigenvalue weighted by atomic mass is 16.4. The first kappa shape index (κ1) is 14.6. The van der Waals surface area contributed by atoms with Gasteiger partial charge in [0.15, 0.2) is 0 Å². The molecule has 1 aliphatic heterocycles. The van der Waals surface area contributed by atoms with E-state index in [-0.39, 0.29) is 0 Å². The van der Waals surface area contributed by atoms with Crippen LogP contribution in [-0.2, 0) is 0 Å². The molecule has 0 bridgehead atoms. The van der Waals surface area contributed by atoms with Crippen molar-refractivity contribution in [3.8, 4) is 0 Å². The third-order valence-corrected chi connectivity index (χ3v) is 4.41. The largest absolute Gasteiger partial charge is 0.465 e. The summed E-state index contributed by atoms with van der Waals surface area (Å²) in [5, 5.41) is 12.3. The summed E-state index contributed by atoms with van der Waals surface area (Å²) in [6, 6.07) is 10.3. The molecule has 2 heterocycles. The van der Waals surface area contributed by atoms with Crippen LogP contribution >= 0.6 is 0 Å². The maximum absolute atomic E-state index is 10.5. The molecule has 3 rings (SSSR count). The molecule has 116 valence electrons. The number of piperidine rings is 1. The van der Waals surface area contributed by atoms with Crippen LogP contribution in [0.1, 0.15) is 19.3 Å². The van der Waals surface area contributed by atoms with Crippen LogP contribution in [0, 0.1) is 5.92 Å². The molecule has 2 N–H and O–H groups in total. The molecule has 0 saturated carbocycles. The zero-order valence-corrected chi connectivity index (χ0v) is 12.5. The van der Waals surface area contributed by atoms with Gasteiger partial charge in [-0.15, -0.1) is 0 Å². The normalized spacial score (nSPS) is 15.9. The van der Waals surface area contributed by atoms with E-state index < -0.39 is 6.09 Å². The molecule has 0 atom stereocenters. The quantitative estimate of drug-likeness (QED) is 0.910. The Labute approximate surface area is 130 Å². The van der Waals surface area contributed by atoms with E-state index in [0.29, 0.717) is 12.5 Å². The van der Waals surface area contributed by atoms with E-state index in [1.165, 1.54) is 11.1 Å². The molecular formula is C17H21N3O2. The summed E-state index contributed by atoms with van der Waals surface area (Å²) < 4.78 is 0. The van der Waals surface area contributed by atoms with Crippen LogP contribution < -0.4 is 10.2 Å². The van der Waals surface area contributed by atoms with Gasteiger partial charge in [0, 0.05) is 36.9 Å². The highest BCUT2D eigenvalue weighted by Crippen LogP contribution is 2.29. The molecule has 0 unspecified atom stereocenters. The average Bonchev–Trinajstić information content (AvgIpc) is 2.55. The first-order valence-corrected chi connectivity index (χ1v) is 7.79. The van der Waals surface area contributed by atoms with E-state index in [1.807, 2.05) is 18.3 Å². The molecule has 0 spiro atoms. The van der Waals surface area contributed by atoms with Gasteiger partial charge in [0.2, 0.25) is 0 Å². The minimum absolute atomic E-state index is 0.554. The lowest BCUT2D eigenvalue weighted by atomic mass is 9.93. The Hall–Kier alpha value is -2.30. The fourth-order valence-electron chi connectivity index (χ4n) is 3.20. The van der Waals surface area contributed by atoms with Gasteiger partial charge in [-0.05, 0) is 37.3 Å². The lowest BCUT2D eigenvalue weighted by molar-refractivity contribution is 0.193. The highest BCUT2D eigenvalue weighted by Gasteiger charge is 2.20. The summed E-state index contributed by atoms with van der Waals surface area (Å²) in [5.74, 6) is 0.608. The molecule has 1 aromatic heterocycles. The van der Waals surface area contributed by atoms with Crippen molar-refractivity contribution in [2.45, 2.75) is 19.3 Å². The van der Waals surface area contributed by atoms with E-state index >= 15 is 0 Å². The first-order valence-electron chi connectivity index (χ1n) is 7.79. The molecule has 5 heteroatoms. The predicted octanol–water partition coefficient (Wildman–Crippen LogP) is 3.11. The fourth-order valence-corrected chi connectivity index (χ4v) is 3.20. The second-order valence-corrected chi connectivity index (χ2v) is 5.80. The van der Waals surface area contributed by atoms with Crippen LogP contribution in [0.3, 0.4) is 0 Å². The van der Waals surface area contributed by atoms with Gasteiger partial charge in [0.05, 0.1) is 5.52 Å². The Morgan fingerprint density at radius 1 is 1.27 bits per heavy atom. The number of fused-ring (bicyclic) bond motifs is 1. The van der Waals surface area contributed by atoms with Crippen LogP contribution in [0.15, 0.2) is 36.5 Å². The highest BCUT2D eigenvalue weighted by molar-refractivity contribution is 5.91. The van der Waals surface area contributed by atoms with Gasteiger partial charge < -0.3 is 15.3 Å².